The number of carbonyl (C=O) groups excluding carboxylic acids is 2. The molecule has 0 aliphatic carbocycles. The minimum absolute atomic E-state index is 0.0667. The summed E-state index contributed by atoms with van der Waals surface area (Å²) in [5, 5.41) is 5.57. The fourth-order valence-corrected chi connectivity index (χ4v) is 2.25. The molecule has 132 valence electrons. The number of aryl methyl sites for hydroxylation is 1. The molecule has 0 unspecified atom stereocenters. The maximum absolute atomic E-state index is 12.0. The van der Waals surface area contributed by atoms with Gasteiger partial charge >= 0.3 is 0 Å². The van der Waals surface area contributed by atoms with Crippen molar-refractivity contribution in [3.63, 3.8) is 0 Å². The molecule has 2 amide bonds. The predicted molar refractivity (Wildman–Crippen MR) is 99.0 cm³/mol. The Morgan fingerprint density at radius 3 is 2.44 bits per heavy atom. The van der Waals surface area contributed by atoms with E-state index in [1.54, 1.807) is 24.3 Å². The van der Waals surface area contributed by atoms with Crippen molar-refractivity contribution in [2.24, 2.45) is 0 Å². The standard InChI is InChI=1S/C20H24N2O3/c1-4-15-6-5-7-18(12-15)25-13-19(23)22-17-10-8-16(9-11-17)20(24)21-14(2)3/h5-12,14H,4,13H2,1-3H3,(H,21,24)(H,22,23). The second-order valence-corrected chi connectivity index (χ2v) is 6.04. The second-order valence-electron chi connectivity index (χ2n) is 6.04. The Labute approximate surface area is 148 Å². The van der Waals surface area contributed by atoms with Crippen LogP contribution in [0.5, 0.6) is 5.75 Å². The second kappa shape index (κ2) is 8.87. The summed E-state index contributed by atoms with van der Waals surface area (Å²) < 4.78 is 5.51. The molecule has 0 aliphatic rings. The van der Waals surface area contributed by atoms with Gasteiger partial charge in [0.05, 0.1) is 0 Å². The van der Waals surface area contributed by atoms with Gasteiger partial charge in [0.2, 0.25) is 0 Å². The number of rotatable bonds is 7. The van der Waals surface area contributed by atoms with Gasteiger partial charge in [-0.25, -0.2) is 0 Å². The Morgan fingerprint density at radius 1 is 1.08 bits per heavy atom. The number of carbonyl (C=O) groups is 2. The van der Waals surface area contributed by atoms with Crippen molar-refractivity contribution < 1.29 is 14.3 Å². The first-order chi connectivity index (χ1) is 12.0. The fraction of sp³-hybridized carbons (Fsp3) is 0.300. The van der Waals surface area contributed by atoms with Crippen LogP contribution in [-0.4, -0.2) is 24.5 Å². The van der Waals surface area contributed by atoms with Crippen LogP contribution < -0.4 is 15.4 Å². The number of hydrogen-bond donors (Lipinski definition) is 2. The van der Waals surface area contributed by atoms with E-state index in [9.17, 15) is 9.59 Å². The molecule has 2 rings (SSSR count). The third-order valence-electron chi connectivity index (χ3n) is 3.53. The van der Waals surface area contributed by atoms with Crippen LogP contribution in [0.2, 0.25) is 0 Å². The number of nitrogens with one attached hydrogen (secondary N) is 2. The van der Waals surface area contributed by atoms with E-state index in [1.807, 2.05) is 38.1 Å². The fourth-order valence-electron chi connectivity index (χ4n) is 2.25. The predicted octanol–water partition coefficient (Wildman–Crippen LogP) is 3.40. The molecule has 25 heavy (non-hydrogen) atoms. The Bertz CT molecular complexity index is 724. The van der Waals surface area contributed by atoms with E-state index >= 15 is 0 Å². The third-order valence-corrected chi connectivity index (χ3v) is 3.53. The lowest BCUT2D eigenvalue weighted by atomic mass is 10.2. The van der Waals surface area contributed by atoms with Gasteiger partial charge in [0.15, 0.2) is 6.61 Å². The highest BCUT2D eigenvalue weighted by Gasteiger charge is 2.08. The topological polar surface area (TPSA) is 67.4 Å². The number of anilines is 1. The van der Waals surface area contributed by atoms with Gasteiger partial charge in [-0.15, -0.1) is 0 Å². The molecule has 0 aromatic heterocycles. The zero-order valence-corrected chi connectivity index (χ0v) is 14.8. The maximum atomic E-state index is 12.0. The molecule has 0 aliphatic heterocycles. The third kappa shape index (κ3) is 5.95. The van der Waals surface area contributed by atoms with E-state index in [1.165, 1.54) is 0 Å². The molecule has 0 fully saturated rings. The SMILES string of the molecule is CCc1cccc(OCC(=O)Nc2ccc(C(=O)NC(C)C)cc2)c1. The first kappa shape index (κ1) is 18.5. The summed E-state index contributed by atoms with van der Waals surface area (Å²) in [6.45, 7) is 5.81. The average molecular weight is 340 g/mol. The molecule has 5 heteroatoms. The van der Waals surface area contributed by atoms with E-state index in [0.717, 1.165) is 12.0 Å². The maximum Gasteiger partial charge on any atom is 0.262 e. The van der Waals surface area contributed by atoms with Gasteiger partial charge in [-0.05, 0) is 62.2 Å². The summed E-state index contributed by atoms with van der Waals surface area (Å²) in [6.07, 6.45) is 0.917. The van der Waals surface area contributed by atoms with Crippen molar-refractivity contribution in [2.45, 2.75) is 33.2 Å². The zero-order valence-electron chi connectivity index (χ0n) is 14.8. The monoisotopic (exact) mass is 340 g/mol. The van der Waals surface area contributed by atoms with E-state index in [2.05, 4.69) is 17.6 Å². The summed E-state index contributed by atoms with van der Waals surface area (Å²) in [6, 6.07) is 14.5. The molecule has 0 bridgehead atoms. The lowest BCUT2D eigenvalue weighted by Gasteiger charge is -2.10. The largest absolute Gasteiger partial charge is 0.484 e. The van der Waals surface area contributed by atoms with Gasteiger partial charge in [-0.1, -0.05) is 19.1 Å². The molecule has 0 saturated heterocycles. The van der Waals surface area contributed by atoms with Gasteiger partial charge in [0.1, 0.15) is 5.75 Å². The highest BCUT2D eigenvalue weighted by atomic mass is 16.5. The van der Waals surface area contributed by atoms with Crippen molar-refractivity contribution in [1.29, 1.82) is 0 Å². The normalized spacial score (nSPS) is 10.4. The van der Waals surface area contributed by atoms with Crippen LogP contribution in [0.1, 0.15) is 36.7 Å². The number of hydrogen-bond acceptors (Lipinski definition) is 3. The van der Waals surface area contributed by atoms with Crippen LogP contribution in [0.25, 0.3) is 0 Å². The van der Waals surface area contributed by atoms with Gasteiger partial charge < -0.3 is 15.4 Å². The van der Waals surface area contributed by atoms with Gasteiger partial charge in [0.25, 0.3) is 11.8 Å². The summed E-state index contributed by atoms with van der Waals surface area (Å²) in [7, 11) is 0. The molecular formula is C20H24N2O3. The zero-order chi connectivity index (χ0) is 18.2. The lowest BCUT2D eigenvalue weighted by Crippen LogP contribution is -2.30. The number of amides is 2. The van der Waals surface area contributed by atoms with Gasteiger partial charge in [-0.3, -0.25) is 9.59 Å². The molecule has 2 N–H and O–H groups in total. The van der Waals surface area contributed by atoms with Crippen LogP contribution in [0.4, 0.5) is 5.69 Å². The van der Waals surface area contributed by atoms with E-state index in [4.69, 9.17) is 4.74 Å². The Morgan fingerprint density at radius 2 is 1.80 bits per heavy atom. The smallest absolute Gasteiger partial charge is 0.262 e. The van der Waals surface area contributed by atoms with Crippen LogP contribution in [0.3, 0.4) is 0 Å². The van der Waals surface area contributed by atoms with E-state index in [0.29, 0.717) is 17.0 Å². The molecule has 0 heterocycles. The molecule has 0 atom stereocenters. The summed E-state index contributed by atoms with van der Waals surface area (Å²) in [4.78, 5) is 23.9. The Hall–Kier alpha value is -2.82. The molecule has 0 spiro atoms. The Balaban J connectivity index is 1.86. The minimum Gasteiger partial charge on any atom is -0.484 e. The average Bonchev–Trinajstić information content (AvgIpc) is 2.60. The van der Waals surface area contributed by atoms with Crippen molar-refractivity contribution in [1.82, 2.24) is 5.32 Å². The quantitative estimate of drug-likeness (QED) is 0.812. The van der Waals surface area contributed by atoms with Crippen molar-refractivity contribution in [2.75, 3.05) is 11.9 Å². The van der Waals surface area contributed by atoms with Gasteiger partial charge in [0, 0.05) is 17.3 Å². The number of benzene rings is 2. The highest BCUT2D eigenvalue weighted by molar-refractivity contribution is 5.96. The summed E-state index contributed by atoms with van der Waals surface area (Å²) in [5.41, 5.74) is 2.34. The molecule has 2 aromatic carbocycles. The van der Waals surface area contributed by atoms with Crippen LogP contribution in [-0.2, 0) is 11.2 Å². The van der Waals surface area contributed by atoms with Crippen molar-refractivity contribution >= 4 is 17.5 Å². The van der Waals surface area contributed by atoms with E-state index < -0.39 is 0 Å². The molecule has 0 saturated carbocycles. The molecule has 5 nitrogen and oxygen atoms in total. The van der Waals surface area contributed by atoms with Crippen LogP contribution in [0.15, 0.2) is 48.5 Å². The summed E-state index contributed by atoms with van der Waals surface area (Å²) >= 11 is 0. The lowest BCUT2D eigenvalue weighted by molar-refractivity contribution is -0.118. The van der Waals surface area contributed by atoms with Crippen LogP contribution >= 0.6 is 0 Å². The number of ether oxygens (including phenoxy) is 1. The van der Waals surface area contributed by atoms with Gasteiger partial charge in [-0.2, -0.15) is 0 Å². The van der Waals surface area contributed by atoms with E-state index in [-0.39, 0.29) is 24.5 Å². The molecule has 0 radical (unpaired) electrons. The minimum atomic E-state index is -0.249. The summed E-state index contributed by atoms with van der Waals surface area (Å²) in [5.74, 6) is 0.295. The van der Waals surface area contributed by atoms with Crippen LogP contribution in [0, 0.1) is 0 Å². The Kier molecular flexibility index (Phi) is 6.57. The first-order valence-electron chi connectivity index (χ1n) is 8.40. The van der Waals surface area contributed by atoms with Crippen molar-refractivity contribution in [3.05, 3.63) is 59.7 Å². The first-order valence-corrected chi connectivity index (χ1v) is 8.40. The molecular weight excluding hydrogens is 316 g/mol. The highest BCUT2D eigenvalue weighted by Crippen LogP contribution is 2.14. The van der Waals surface area contributed by atoms with Crippen molar-refractivity contribution in [3.8, 4) is 5.75 Å². The molecule has 2 aromatic rings.